The van der Waals surface area contributed by atoms with Gasteiger partial charge in [0.15, 0.2) is 0 Å². The minimum Gasteiger partial charge on any atom is -0.403 e. The third kappa shape index (κ3) is 2.31. The largest absolute Gasteiger partial charge is 0.469 e. The van der Waals surface area contributed by atoms with E-state index >= 15 is 0 Å². The standard InChI is InChI=1S/C17H27BO2/c1-13(2)17(7,14-11-9-8-10-12-14)18-19-15(3,4)16(5,6)20-18/h8-13H,1-7H3/t17-/m0/s1. The zero-order valence-corrected chi connectivity index (χ0v) is 13.9. The Balaban J connectivity index is 2.42. The second-order valence-electron chi connectivity index (χ2n) is 7.39. The van der Waals surface area contributed by atoms with Crippen molar-refractivity contribution in [2.45, 2.75) is 65.0 Å². The molecule has 1 aliphatic heterocycles. The van der Waals surface area contributed by atoms with E-state index < -0.39 is 0 Å². The maximum atomic E-state index is 6.32. The fourth-order valence-corrected chi connectivity index (χ4v) is 2.63. The lowest BCUT2D eigenvalue weighted by Crippen LogP contribution is -2.47. The van der Waals surface area contributed by atoms with Crippen molar-refractivity contribution in [1.29, 1.82) is 0 Å². The van der Waals surface area contributed by atoms with Crippen molar-refractivity contribution in [2.75, 3.05) is 0 Å². The van der Waals surface area contributed by atoms with Gasteiger partial charge in [-0.1, -0.05) is 51.1 Å². The smallest absolute Gasteiger partial charge is 0.403 e. The highest BCUT2D eigenvalue weighted by atomic mass is 16.7. The van der Waals surface area contributed by atoms with Crippen LogP contribution in [-0.4, -0.2) is 18.3 Å². The van der Waals surface area contributed by atoms with Crippen LogP contribution in [-0.2, 0) is 14.6 Å². The quantitative estimate of drug-likeness (QED) is 0.768. The molecular formula is C17H27BO2. The molecule has 0 saturated carbocycles. The van der Waals surface area contributed by atoms with Gasteiger partial charge >= 0.3 is 7.12 Å². The molecule has 0 aliphatic carbocycles. The zero-order chi connectivity index (χ0) is 15.2. The highest BCUT2D eigenvalue weighted by Crippen LogP contribution is 2.45. The van der Waals surface area contributed by atoms with Gasteiger partial charge in [0, 0.05) is 5.31 Å². The summed E-state index contributed by atoms with van der Waals surface area (Å²) < 4.78 is 12.6. The molecule has 3 heteroatoms. The highest BCUT2D eigenvalue weighted by molar-refractivity contribution is 6.49. The summed E-state index contributed by atoms with van der Waals surface area (Å²) in [5, 5.41) is -0.160. The molecule has 1 saturated heterocycles. The summed E-state index contributed by atoms with van der Waals surface area (Å²) in [5.41, 5.74) is 0.694. The van der Waals surface area contributed by atoms with Gasteiger partial charge < -0.3 is 9.31 Å². The summed E-state index contributed by atoms with van der Waals surface area (Å²) in [6.07, 6.45) is 0. The lowest BCUT2D eigenvalue weighted by molar-refractivity contribution is 0.00578. The van der Waals surface area contributed by atoms with Crippen molar-refractivity contribution >= 4 is 7.12 Å². The fraction of sp³-hybridized carbons (Fsp3) is 0.647. The summed E-state index contributed by atoms with van der Waals surface area (Å²) in [7, 11) is -0.227. The molecule has 2 nitrogen and oxygen atoms in total. The summed E-state index contributed by atoms with van der Waals surface area (Å²) in [5.74, 6) is 0.416. The van der Waals surface area contributed by atoms with Gasteiger partial charge in [-0.2, -0.15) is 0 Å². The van der Waals surface area contributed by atoms with Gasteiger partial charge in [0.25, 0.3) is 0 Å². The van der Waals surface area contributed by atoms with Gasteiger partial charge in [-0.15, -0.1) is 0 Å². The van der Waals surface area contributed by atoms with Crippen molar-refractivity contribution in [3.05, 3.63) is 35.9 Å². The average Bonchev–Trinajstić information content (AvgIpc) is 2.58. The third-order valence-electron chi connectivity index (χ3n) is 5.34. The van der Waals surface area contributed by atoms with E-state index in [2.05, 4.69) is 78.8 Å². The molecule has 0 unspecified atom stereocenters. The molecule has 1 heterocycles. The first-order valence-electron chi connectivity index (χ1n) is 7.52. The lowest BCUT2D eigenvalue weighted by atomic mass is 9.50. The minimum atomic E-state index is -0.289. The van der Waals surface area contributed by atoms with Crippen LogP contribution in [0.3, 0.4) is 0 Å². The van der Waals surface area contributed by atoms with Crippen molar-refractivity contribution in [1.82, 2.24) is 0 Å². The van der Waals surface area contributed by atoms with E-state index in [1.54, 1.807) is 0 Å². The number of benzene rings is 1. The van der Waals surface area contributed by atoms with Gasteiger partial charge in [-0.3, -0.25) is 0 Å². The Hall–Kier alpha value is -0.795. The molecule has 0 amide bonds. The normalized spacial score (nSPS) is 23.9. The Bertz CT molecular complexity index is 451. The summed E-state index contributed by atoms with van der Waals surface area (Å²) >= 11 is 0. The molecule has 0 radical (unpaired) electrons. The number of hydrogen-bond donors (Lipinski definition) is 0. The van der Waals surface area contributed by atoms with Crippen LogP contribution in [0.25, 0.3) is 0 Å². The van der Waals surface area contributed by atoms with Crippen molar-refractivity contribution in [3.8, 4) is 0 Å². The Morgan fingerprint density at radius 3 is 1.80 bits per heavy atom. The van der Waals surface area contributed by atoms with Crippen LogP contribution in [0, 0.1) is 5.92 Å². The predicted molar refractivity (Wildman–Crippen MR) is 84.7 cm³/mol. The molecule has 1 atom stereocenters. The van der Waals surface area contributed by atoms with Crippen molar-refractivity contribution in [3.63, 3.8) is 0 Å². The molecule has 2 rings (SSSR count). The third-order valence-corrected chi connectivity index (χ3v) is 5.34. The monoisotopic (exact) mass is 274 g/mol. The maximum Gasteiger partial charge on any atom is 0.469 e. The van der Waals surface area contributed by atoms with Crippen LogP contribution < -0.4 is 0 Å². The van der Waals surface area contributed by atoms with E-state index in [-0.39, 0.29) is 23.6 Å². The Labute approximate surface area is 124 Å². The second kappa shape index (κ2) is 4.89. The van der Waals surface area contributed by atoms with E-state index in [0.717, 1.165) is 0 Å². The van der Waals surface area contributed by atoms with Gasteiger partial charge in [0.2, 0.25) is 0 Å². The van der Waals surface area contributed by atoms with Crippen LogP contribution in [0.4, 0.5) is 0 Å². The Morgan fingerprint density at radius 1 is 0.950 bits per heavy atom. The molecule has 0 N–H and O–H groups in total. The molecular weight excluding hydrogens is 247 g/mol. The molecule has 1 fully saturated rings. The zero-order valence-electron chi connectivity index (χ0n) is 13.9. The molecule has 1 aromatic carbocycles. The second-order valence-corrected chi connectivity index (χ2v) is 7.39. The number of hydrogen-bond acceptors (Lipinski definition) is 2. The molecule has 0 spiro atoms. The highest BCUT2D eigenvalue weighted by Gasteiger charge is 2.59. The maximum absolute atomic E-state index is 6.32. The molecule has 1 aliphatic rings. The summed E-state index contributed by atoms with van der Waals surface area (Å²) in [4.78, 5) is 0. The minimum absolute atomic E-state index is 0.160. The van der Waals surface area contributed by atoms with Crippen LogP contribution in [0.15, 0.2) is 30.3 Å². The summed E-state index contributed by atoms with van der Waals surface area (Å²) in [6, 6.07) is 10.6. The molecule has 0 aromatic heterocycles. The Morgan fingerprint density at radius 2 is 1.40 bits per heavy atom. The van der Waals surface area contributed by atoms with E-state index in [9.17, 15) is 0 Å². The van der Waals surface area contributed by atoms with E-state index in [4.69, 9.17) is 9.31 Å². The SMILES string of the molecule is CC(C)[C@](C)(B1OC(C)(C)C(C)(C)O1)c1ccccc1. The number of rotatable bonds is 3. The van der Waals surface area contributed by atoms with Crippen LogP contribution >= 0.6 is 0 Å². The average molecular weight is 274 g/mol. The summed E-state index contributed by atoms with van der Waals surface area (Å²) in [6.45, 7) is 15.2. The van der Waals surface area contributed by atoms with E-state index in [1.807, 2.05) is 0 Å². The lowest BCUT2D eigenvalue weighted by Gasteiger charge is -2.36. The molecule has 0 bridgehead atoms. The van der Waals surface area contributed by atoms with E-state index in [0.29, 0.717) is 5.92 Å². The van der Waals surface area contributed by atoms with Crippen LogP contribution in [0.5, 0.6) is 0 Å². The van der Waals surface area contributed by atoms with E-state index in [1.165, 1.54) is 5.56 Å². The van der Waals surface area contributed by atoms with Gasteiger partial charge in [0.05, 0.1) is 11.2 Å². The topological polar surface area (TPSA) is 18.5 Å². The van der Waals surface area contributed by atoms with Crippen molar-refractivity contribution < 1.29 is 9.31 Å². The first-order valence-corrected chi connectivity index (χ1v) is 7.52. The predicted octanol–water partition coefficient (Wildman–Crippen LogP) is 4.23. The first-order chi connectivity index (χ1) is 9.11. The van der Waals surface area contributed by atoms with Crippen molar-refractivity contribution in [2.24, 2.45) is 5.92 Å². The van der Waals surface area contributed by atoms with Gasteiger partial charge in [-0.25, -0.2) is 0 Å². The van der Waals surface area contributed by atoms with Gasteiger partial charge in [0.1, 0.15) is 0 Å². The molecule has 20 heavy (non-hydrogen) atoms. The van der Waals surface area contributed by atoms with Gasteiger partial charge in [-0.05, 0) is 39.2 Å². The van der Waals surface area contributed by atoms with Crippen LogP contribution in [0.1, 0.15) is 54.0 Å². The Kier molecular flexibility index (Phi) is 3.81. The molecule has 1 aromatic rings. The molecule has 110 valence electrons. The van der Waals surface area contributed by atoms with Crippen LogP contribution in [0.2, 0.25) is 0 Å². The fourth-order valence-electron chi connectivity index (χ4n) is 2.63. The first kappa shape index (κ1) is 15.6.